The third-order valence-electron chi connectivity index (χ3n) is 4.54. The van der Waals surface area contributed by atoms with Gasteiger partial charge in [0.2, 0.25) is 0 Å². The number of thioether (sulfide) groups is 1. The molecule has 0 spiro atoms. The minimum absolute atomic E-state index is 0.170. The topological polar surface area (TPSA) is 59.8 Å². The number of methoxy groups -OCH3 is 1. The minimum Gasteiger partial charge on any atom is -0.465 e. The molecule has 1 aromatic heterocycles. The molecule has 0 aliphatic carbocycles. The summed E-state index contributed by atoms with van der Waals surface area (Å²) in [7, 11) is 1.34. The average molecular weight is 436 g/mol. The minimum atomic E-state index is -0.391. The summed E-state index contributed by atoms with van der Waals surface area (Å²) in [6.45, 7) is 1.97. The fraction of sp³-hybridized carbons (Fsp3) is 0.0870. The Kier molecular flexibility index (Phi) is 5.57. The summed E-state index contributed by atoms with van der Waals surface area (Å²) in [6.07, 6.45) is 1.70. The lowest BCUT2D eigenvalue weighted by atomic mass is 10.1. The van der Waals surface area contributed by atoms with Crippen molar-refractivity contribution >= 4 is 51.9 Å². The van der Waals surface area contributed by atoms with E-state index in [4.69, 9.17) is 21.4 Å². The number of benzene rings is 2. The predicted molar refractivity (Wildman–Crippen MR) is 122 cm³/mol. The number of ether oxygens (including phenoxy) is 1. The highest BCUT2D eigenvalue weighted by atomic mass is 32.2. The van der Waals surface area contributed by atoms with Gasteiger partial charge in [-0.05, 0) is 48.9 Å². The van der Waals surface area contributed by atoms with Gasteiger partial charge in [0.25, 0.3) is 5.91 Å². The lowest BCUT2D eigenvalue weighted by Gasteiger charge is -2.14. The van der Waals surface area contributed by atoms with E-state index in [0.717, 1.165) is 16.8 Å². The Morgan fingerprint density at radius 2 is 1.90 bits per heavy atom. The van der Waals surface area contributed by atoms with Crippen molar-refractivity contribution in [2.45, 2.75) is 6.92 Å². The average Bonchev–Trinajstić information content (AvgIpc) is 3.32. The number of aryl methyl sites for hydroxylation is 1. The molecule has 0 atom stereocenters. The fourth-order valence-corrected chi connectivity index (χ4v) is 4.34. The highest BCUT2D eigenvalue weighted by Crippen LogP contribution is 2.36. The maximum atomic E-state index is 12.9. The van der Waals surface area contributed by atoms with E-state index in [1.807, 2.05) is 37.3 Å². The fourth-order valence-electron chi connectivity index (χ4n) is 3.06. The Morgan fingerprint density at radius 1 is 1.13 bits per heavy atom. The second kappa shape index (κ2) is 8.30. The van der Waals surface area contributed by atoms with Crippen LogP contribution in [0.3, 0.4) is 0 Å². The highest BCUT2D eigenvalue weighted by Gasteiger charge is 2.33. The first-order chi connectivity index (χ1) is 14.5. The molecule has 2 heterocycles. The van der Waals surface area contributed by atoms with Gasteiger partial charge in [0.1, 0.15) is 11.5 Å². The molecular formula is C23H17NO4S2. The molecule has 1 aliphatic heterocycles. The van der Waals surface area contributed by atoms with Crippen LogP contribution in [0.5, 0.6) is 0 Å². The molecule has 5 nitrogen and oxygen atoms in total. The second-order valence-electron chi connectivity index (χ2n) is 6.63. The first-order valence-corrected chi connectivity index (χ1v) is 10.3. The first-order valence-electron chi connectivity index (χ1n) is 9.09. The Morgan fingerprint density at radius 3 is 2.60 bits per heavy atom. The van der Waals surface area contributed by atoms with Gasteiger partial charge in [-0.3, -0.25) is 9.69 Å². The number of thiocarbonyl (C=S) groups is 1. The Bertz CT molecular complexity index is 1180. The summed E-state index contributed by atoms with van der Waals surface area (Å²) in [5.74, 6) is 0.618. The third-order valence-corrected chi connectivity index (χ3v) is 5.85. The smallest absolute Gasteiger partial charge is 0.337 e. The van der Waals surface area contributed by atoms with Crippen molar-refractivity contribution in [2.24, 2.45) is 0 Å². The van der Waals surface area contributed by atoms with E-state index in [1.165, 1.54) is 23.8 Å². The highest BCUT2D eigenvalue weighted by molar-refractivity contribution is 8.27. The van der Waals surface area contributed by atoms with Crippen LogP contribution >= 0.6 is 24.0 Å². The Labute approximate surface area is 183 Å². The van der Waals surface area contributed by atoms with Gasteiger partial charge in [0.15, 0.2) is 4.32 Å². The Hall–Kier alpha value is -3.16. The van der Waals surface area contributed by atoms with Crippen molar-refractivity contribution in [3.8, 4) is 11.3 Å². The lowest BCUT2D eigenvalue weighted by molar-refractivity contribution is -0.113. The molecule has 0 N–H and O–H groups in total. The largest absolute Gasteiger partial charge is 0.465 e. The van der Waals surface area contributed by atoms with Crippen molar-refractivity contribution in [2.75, 3.05) is 12.0 Å². The van der Waals surface area contributed by atoms with Crippen molar-refractivity contribution < 1.29 is 18.7 Å². The van der Waals surface area contributed by atoms with Gasteiger partial charge in [-0.15, -0.1) is 0 Å². The SMILES string of the molecule is COC(=O)c1ccc(-c2ccc(C=C3SC(=S)N(c4cccc(C)c4)C3=O)o2)cc1. The van der Waals surface area contributed by atoms with Crippen molar-refractivity contribution in [3.05, 3.63) is 82.5 Å². The van der Waals surface area contributed by atoms with E-state index < -0.39 is 5.97 Å². The second-order valence-corrected chi connectivity index (χ2v) is 8.30. The summed E-state index contributed by atoms with van der Waals surface area (Å²) in [5, 5.41) is 0. The summed E-state index contributed by atoms with van der Waals surface area (Å²) >= 11 is 6.67. The molecular weight excluding hydrogens is 418 g/mol. The quantitative estimate of drug-likeness (QED) is 0.309. The predicted octanol–water partition coefficient (Wildman–Crippen LogP) is 5.45. The van der Waals surface area contributed by atoms with E-state index in [2.05, 4.69) is 0 Å². The number of carbonyl (C=O) groups is 2. The van der Waals surface area contributed by atoms with E-state index in [0.29, 0.717) is 26.3 Å². The number of amides is 1. The summed E-state index contributed by atoms with van der Waals surface area (Å²) in [4.78, 5) is 26.5. The zero-order chi connectivity index (χ0) is 21.3. The number of rotatable bonds is 4. The van der Waals surface area contributed by atoms with Gasteiger partial charge in [-0.25, -0.2) is 4.79 Å². The molecule has 30 heavy (non-hydrogen) atoms. The summed E-state index contributed by atoms with van der Waals surface area (Å²) < 4.78 is 11.1. The van der Waals surface area contributed by atoms with Gasteiger partial charge in [0.05, 0.1) is 23.3 Å². The van der Waals surface area contributed by atoms with E-state index in [-0.39, 0.29) is 5.91 Å². The number of hydrogen-bond acceptors (Lipinski definition) is 6. The molecule has 150 valence electrons. The van der Waals surface area contributed by atoms with Gasteiger partial charge in [-0.2, -0.15) is 0 Å². The molecule has 1 saturated heterocycles. The monoisotopic (exact) mass is 435 g/mol. The molecule has 1 amide bonds. The summed E-state index contributed by atoms with van der Waals surface area (Å²) in [5.41, 5.74) is 3.09. The maximum Gasteiger partial charge on any atom is 0.337 e. The molecule has 1 aliphatic rings. The molecule has 0 unspecified atom stereocenters. The molecule has 3 aromatic rings. The molecule has 0 bridgehead atoms. The van der Waals surface area contributed by atoms with Crippen molar-refractivity contribution in [1.82, 2.24) is 0 Å². The summed E-state index contributed by atoms with van der Waals surface area (Å²) in [6, 6.07) is 18.2. The molecule has 0 radical (unpaired) electrons. The molecule has 0 saturated carbocycles. The van der Waals surface area contributed by atoms with Gasteiger partial charge in [-0.1, -0.05) is 48.2 Å². The Balaban J connectivity index is 1.56. The third kappa shape index (κ3) is 3.94. The number of anilines is 1. The number of furan rings is 1. The number of nitrogens with zero attached hydrogens (tertiary/aromatic N) is 1. The number of hydrogen-bond donors (Lipinski definition) is 0. The van der Waals surface area contributed by atoms with Crippen LogP contribution in [0.25, 0.3) is 17.4 Å². The standard InChI is InChI=1S/C23H17NO4S2/c1-14-4-3-5-17(12-14)24-21(25)20(30-23(24)29)13-18-10-11-19(28-18)15-6-8-16(9-7-15)22(26)27-2/h3-13H,1-2H3. The molecule has 2 aromatic carbocycles. The van der Waals surface area contributed by atoms with Crippen LogP contribution < -0.4 is 4.90 Å². The van der Waals surface area contributed by atoms with Crippen LogP contribution in [0.1, 0.15) is 21.7 Å². The van der Waals surface area contributed by atoms with Crippen molar-refractivity contribution in [3.63, 3.8) is 0 Å². The molecule has 1 fully saturated rings. The van der Waals surface area contributed by atoms with Gasteiger partial charge in [0, 0.05) is 11.6 Å². The van der Waals surface area contributed by atoms with Gasteiger partial charge < -0.3 is 9.15 Å². The maximum absolute atomic E-state index is 12.9. The van der Waals surface area contributed by atoms with Gasteiger partial charge >= 0.3 is 5.97 Å². The normalized spacial score (nSPS) is 15.1. The van der Waals surface area contributed by atoms with E-state index in [1.54, 1.807) is 36.4 Å². The van der Waals surface area contributed by atoms with E-state index in [9.17, 15) is 9.59 Å². The lowest BCUT2D eigenvalue weighted by Crippen LogP contribution is -2.27. The van der Waals surface area contributed by atoms with Crippen LogP contribution in [0.4, 0.5) is 5.69 Å². The molecule has 7 heteroatoms. The first kappa shape index (κ1) is 20.1. The van der Waals surface area contributed by atoms with Crippen LogP contribution in [0, 0.1) is 6.92 Å². The van der Waals surface area contributed by atoms with Crippen molar-refractivity contribution in [1.29, 1.82) is 0 Å². The van der Waals surface area contributed by atoms with Crippen LogP contribution in [0.15, 0.2) is 70.0 Å². The van der Waals surface area contributed by atoms with E-state index >= 15 is 0 Å². The van der Waals surface area contributed by atoms with Crippen LogP contribution in [-0.4, -0.2) is 23.3 Å². The zero-order valence-electron chi connectivity index (χ0n) is 16.2. The zero-order valence-corrected chi connectivity index (χ0v) is 17.9. The molecule has 4 rings (SSSR count). The van der Waals surface area contributed by atoms with Crippen LogP contribution in [0.2, 0.25) is 0 Å². The number of carbonyl (C=O) groups excluding carboxylic acids is 2. The van der Waals surface area contributed by atoms with Crippen LogP contribution in [-0.2, 0) is 9.53 Å². The number of esters is 1.